The van der Waals surface area contributed by atoms with E-state index in [1.165, 1.54) is 11.3 Å². The van der Waals surface area contributed by atoms with Crippen LogP contribution in [0.3, 0.4) is 0 Å². The second-order valence-corrected chi connectivity index (χ2v) is 6.91. The molecule has 3 aromatic rings. The van der Waals surface area contributed by atoms with Gasteiger partial charge in [-0.1, -0.05) is 18.2 Å². The first-order valence-electron chi connectivity index (χ1n) is 8.31. The fraction of sp³-hybridized carbons (Fsp3) is 0.100. The zero-order valence-corrected chi connectivity index (χ0v) is 15.2. The number of allylic oxidation sites excluding steroid dienone is 1. The number of nitriles is 1. The Hall–Kier alpha value is -3.50. The molecule has 0 fully saturated rings. The predicted octanol–water partition coefficient (Wildman–Crippen LogP) is 3.86. The standard InChI is InChI=1S/C20H15N5OS/c1-12-17(18(25-20(26)23-12)15-4-2-3-9-22-15)19-24-16(11-27-19)14-7-5-13(10-21)6-8-14/h2-9,11,18H,1H3,(H2,23,25,26). The van der Waals surface area contributed by atoms with Crippen LogP contribution in [0.1, 0.15) is 29.2 Å². The molecule has 0 saturated heterocycles. The number of rotatable bonds is 3. The monoisotopic (exact) mass is 373 g/mol. The fourth-order valence-corrected chi connectivity index (χ4v) is 3.95. The lowest BCUT2D eigenvalue weighted by Crippen LogP contribution is -2.43. The first-order chi connectivity index (χ1) is 13.2. The largest absolute Gasteiger partial charge is 0.325 e. The first kappa shape index (κ1) is 16.9. The maximum Gasteiger partial charge on any atom is 0.319 e. The van der Waals surface area contributed by atoms with E-state index in [-0.39, 0.29) is 12.1 Å². The van der Waals surface area contributed by atoms with Gasteiger partial charge < -0.3 is 10.6 Å². The molecule has 1 aromatic carbocycles. The average Bonchev–Trinajstić information content (AvgIpc) is 3.18. The van der Waals surface area contributed by atoms with Gasteiger partial charge in [0.15, 0.2) is 0 Å². The summed E-state index contributed by atoms with van der Waals surface area (Å²) in [6, 6.07) is 14.4. The number of thiazole rings is 1. The molecule has 1 unspecified atom stereocenters. The molecule has 2 amide bonds. The smallest absolute Gasteiger partial charge is 0.319 e. The molecule has 1 atom stereocenters. The number of benzene rings is 1. The summed E-state index contributed by atoms with van der Waals surface area (Å²) in [7, 11) is 0. The van der Waals surface area contributed by atoms with Crippen LogP contribution in [-0.4, -0.2) is 16.0 Å². The van der Waals surface area contributed by atoms with Gasteiger partial charge in [-0.2, -0.15) is 5.26 Å². The minimum absolute atomic E-state index is 0.254. The number of hydrogen-bond acceptors (Lipinski definition) is 5. The third-order valence-electron chi connectivity index (χ3n) is 4.30. The third-order valence-corrected chi connectivity index (χ3v) is 5.17. The van der Waals surface area contributed by atoms with E-state index in [2.05, 4.69) is 21.7 Å². The summed E-state index contributed by atoms with van der Waals surface area (Å²) >= 11 is 1.51. The molecule has 1 aliphatic heterocycles. The van der Waals surface area contributed by atoms with Crippen molar-refractivity contribution in [3.8, 4) is 17.3 Å². The first-order valence-corrected chi connectivity index (χ1v) is 9.19. The maximum atomic E-state index is 12.0. The number of urea groups is 1. The van der Waals surface area contributed by atoms with Crippen LogP contribution in [-0.2, 0) is 0 Å². The van der Waals surface area contributed by atoms with E-state index < -0.39 is 0 Å². The summed E-state index contributed by atoms with van der Waals surface area (Å²) in [5.74, 6) is 0. The van der Waals surface area contributed by atoms with Gasteiger partial charge in [0.25, 0.3) is 0 Å². The Labute approximate surface area is 160 Å². The molecule has 0 spiro atoms. The van der Waals surface area contributed by atoms with E-state index in [0.29, 0.717) is 5.56 Å². The van der Waals surface area contributed by atoms with Crippen LogP contribution < -0.4 is 10.6 Å². The molecule has 0 radical (unpaired) electrons. The highest BCUT2D eigenvalue weighted by molar-refractivity contribution is 7.11. The Morgan fingerprint density at radius 3 is 2.70 bits per heavy atom. The van der Waals surface area contributed by atoms with Crippen molar-refractivity contribution in [2.24, 2.45) is 0 Å². The number of carbonyl (C=O) groups is 1. The molecule has 132 valence electrons. The summed E-state index contributed by atoms with van der Waals surface area (Å²) in [5.41, 5.74) is 4.81. The van der Waals surface area contributed by atoms with Crippen molar-refractivity contribution in [2.45, 2.75) is 13.0 Å². The minimum atomic E-state index is -0.361. The van der Waals surface area contributed by atoms with Crippen LogP contribution >= 0.6 is 11.3 Å². The van der Waals surface area contributed by atoms with Crippen LogP contribution in [0.25, 0.3) is 16.8 Å². The number of aromatic nitrogens is 2. The Morgan fingerprint density at radius 1 is 1.19 bits per heavy atom. The lowest BCUT2D eigenvalue weighted by Gasteiger charge is -2.27. The number of pyridine rings is 1. The Kier molecular flexibility index (Phi) is 4.40. The predicted molar refractivity (Wildman–Crippen MR) is 104 cm³/mol. The molecule has 2 aromatic heterocycles. The Morgan fingerprint density at radius 2 is 2.00 bits per heavy atom. The van der Waals surface area contributed by atoms with Gasteiger partial charge in [0.2, 0.25) is 0 Å². The van der Waals surface area contributed by atoms with Crippen molar-refractivity contribution in [1.82, 2.24) is 20.6 Å². The second-order valence-electron chi connectivity index (χ2n) is 6.05. The zero-order chi connectivity index (χ0) is 18.8. The molecule has 4 rings (SSSR count). The van der Waals surface area contributed by atoms with E-state index in [1.54, 1.807) is 18.3 Å². The van der Waals surface area contributed by atoms with Crippen molar-refractivity contribution in [1.29, 1.82) is 5.26 Å². The van der Waals surface area contributed by atoms with Crippen molar-refractivity contribution < 1.29 is 4.79 Å². The van der Waals surface area contributed by atoms with Gasteiger partial charge >= 0.3 is 6.03 Å². The van der Waals surface area contributed by atoms with Crippen LogP contribution in [0.15, 0.2) is 59.7 Å². The molecular weight excluding hydrogens is 358 g/mol. The highest BCUT2D eigenvalue weighted by Gasteiger charge is 2.30. The molecule has 7 heteroatoms. The van der Waals surface area contributed by atoms with Crippen molar-refractivity contribution in [3.05, 3.63) is 76.0 Å². The second kappa shape index (κ2) is 7.02. The number of carbonyl (C=O) groups excluding carboxylic acids is 1. The summed E-state index contributed by atoms with van der Waals surface area (Å²) < 4.78 is 0. The molecule has 27 heavy (non-hydrogen) atoms. The van der Waals surface area contributed by atoms with Gasteiger partial charge in [-0.3, -0.25) is 4.98 Å². The molecular formula is C20H15N5OS. The van der Waals surface area contributed by atoms with E-state index in [0.717, 1.165) is 33.2 Å². The molecule has 1 aliphatic rings. The summed E-state index contributed by atoms with van der Waals surface area (Å²) in [5, 5.41) is 17.5. The van der Waals surface area contributed by atoms with E-state index in [4.69, 9.17) is 10.2 Å². The zero-order valence-electron chi connectivity index (χ0n) is 14.4. The van der Waals surface area contributed by atoms with Gasteiger partial charge in [0.05, 0.1) is 23.0 Å². The van der Waals surface area contributed by atoms with E-state index in [9.17, 15) is 4.79 Å². The fourth-order valence-electron chi connectivity index (χ4n) is 2.99. The molecule has 3 heterocycles. The van der Waals surface area contributed by atoms with Crippen LogP contribution in [0.2, 0.25) is 0 Å². The Bertz CT molecular complexity index is 1060. The molecule has 0 saturated carbocycles. The normalized spacial score (nSPS) is 16.4. The van der Waals surface area contributed by atoms with Crippen molar-refractivity contribution >= 4 is 22.9 Å². The SMILES string of the molecule is CC1=C(c2nc(-c3ccc(C#N)cc3)cs2)C(c2ccccn2)NC(=O)N1. The quantitative estimate of drug-likeness (QED) is 0.729. The molecule has 2 N–H and O–H groups in total. The van der Waals surface area contributed by atoms with Gasteiger partial charge in [-0.15, -0.1) is 11.3 Å². The van der Waals surface area contributed by atoms with Gasteiger partial charge in [-0.25, -0.2) is 9.78 Å². The number of amides is 2. The lowest BCUT2D eigenvalue weighted by atomic mass is 10.00. The average molecular weight is 373 g/mol. The van der Waals surface area contributed by atoms with Crippen LogP contribution in [0.5, 0.6) is 0 Å². The summed E-state index contributed by atoms with van der Waals surface area (Å²) in [6.07, 6.45) is 1.71. The van der Waals surface area contributed by atoms with Crippen LogP contribution in [0, 0.1) is 11.3 Å². The molecule has 0 aliphatic carbocycles. The van der Waals surface area contributed by atoms with Gasteiger partial charge in [-0.05, 0) is 31.2 Å². The minimum Gasteiger partial charge on any atom is -0.325 e. The summed E-state index contributed by atoms with van der Waals surface area (Å²) in [6.45, 7) is 1.87. The highest BCUT2D eigenvalue weighted by atomic mass is 32.1. The van der Waals surface area contributed by atoms with Gasteiger partial charge in [0, 0.05) is 28.4 Å². The maximum absolute atomic E-state index is 12.0. The lowest BCUT2D eigenvalue weighted by molar-refractivity contribution is 0.240. The molecule has 6 nitrogen and oxygen atoms in total. The third kappa shape index (κ3) is 3.30. The highest BCUT2D eigenvalue weighted by Crippen LogP contribution is 2.36. The number of hydrogen-bond donors (Lipinski definition) is 2. The van der Waals surface area contributed by atoms with Crippen molar-refractivity contribution in [3.63, 3.8) is 0 Å². The Balaban J connectivity index is 1.74. The number of nitrogens with one attached hydrogen (secondary N) is 2. The van der Waals surface area contributed by atoms with E-state index in [1.807, 2.05) is 42.6 Å². The topological polar surface area (TPSA) is 90.7 Å². The molecule has 0 bridgehead atoms. The summed E-state index contributed by atoms with van der Waals surface area (Å²) in [4.78, 5) is 21.2. The van der Waals surface area contributed by atoms with Crippen LogP contribution in [0.4, 0.5) is 4.79 Å². The van der Waals surface area contributed by atoms with Crippen molar-refractivity contribution in [2.75, 3.05) is 0 Å². The van der Waals surface area contributed by atoms with Gasteiger partial charge in [0.1, 0.15) is 11.0 Å². The number of nitrogens with zero attached hydrogens (tertiary/aromatic N) is 3. The van der Waals surface area contributed by atoms with E-state index >= 15 is 0 Å².